The molecular weight excluding hydrogens is 238 g/mol. The van der Waals surface area contributed by atoms with Gasteiger partial charge < -0.3 is 5.32 Å². The van der Waals surface area contributed by atoms with Crippen molar-refractivity contribution in [3.8, 4) is 0 Å². The van der Waals surface area contributed by atoms with E-state index >= 15 is 0 Å². The third-order valence-corrected chi connectivity index (χ3v) is 4.80. The Balaban J connectivity index is 1.78. The van der Waals surface area contributed by atoms with E-state index in [9.17, 15) is 0 Å². The fraction of sp³-hybridized carbons (Fsp3) is 0.692. The summed E-state index contributed by atoms with van der Waals surface area (Å²) < 4.78 is 0. The van der Waals surface area contributed by atoms with E-state index in [4.69, 9.17) is 11.6 Å². The highest BCUT2D eigenvalue weighted by molar-refractivity contribution is 7.07. The van der Waals surface area contributed by atoms with E-state index in [1.165, 1.54) is 37.7 Å². The Morgan fingerprint density at radius 1 is 1.31 bits per heavy atom. The second kappa shape index (κ2) is 6.04. The zero-order chi connectivity index (χ0) is 11.3. The monoisotopic (exact) mass is 257 g/mol. The van der Waals surface area contributed by atoms with Crippen LogP contribution < -0.4 is 5.32 Å². The summed E-state index contributed by atoms with van der Waals surface area (Å²) in [6, 6.07) is 2.21. The van der Waals surface area contributed by atoms with Crippen LogP contribution in [0.25, 0.3) is 0 Å². The number of nitrogens with one attached hydrogen (secondary N) is 1. The van der Waals surface area contributed by atoms with Crippen LogP contribution in [0.1, 0.15) is 37.7 Å². The molecule has 0 amide bonds. The molecule has 1 saturated carbocycles. The van der Waals surface area contributed by atoms with Gasteiger partial charge in [0.15, 0.2) is 0 Å². The first-order valence-corrected chi connectivity index (χ1v) is 7.64. The van der Waals surface area contributed by atoms with Crippen molar-refractivity contribution in [2.75, 3.05) is 12.4 Å². The summed E-state index contributed by atoms with van der Waals surface area (Å²) in [5.74, 6) is 0.761. The summed E-state index contributed by atoms with van der Waals surface area (Å²) in [7, 11) is 0. The summed E-state index contributed by atoms with van der Waals surface area (Å²) in [5, 5.41) is 8.07. The standard InChI is InChI=1S/C13H20ClNS/c14-11-13(6-2-1-3-7-13)15-8-4-12-5-9-16-10-12/h5,9-10,15H,1-4,6-8,11H2. The predicted octanol–water partition coefficient (Wildman–Crippen LogP) is 3.82. The lowest BCUT2D eigenvalue weighted by molar-refractivity contribution is 0.260. The van der Waals surface area contributed by atoms with Crippen molar-refractivity contribution < 1.29 is 0 Å². The Morgan fingerprint density at radius 2 is 2.12 bits per heavy atom. The molecule has 1 nitrogen and oxygen atoms in total. The van der Waals surface area contributed by atoms with E-state index in [1.807, 2.05) is 0 Å². The van der Waals surface area contributed by atoms with Gasteiger partial charge >= 0.3 is 0 Å². The molecule has 16 heavy (non-hydrogen) atoms. The van der Waals surface area contributed by atoms with E-state index < -0.39 is 0 Å². The summed E-state index contributed by atoms with van der Waals surface area (Å²) in [6.07, 6.45) is 7.67. The largest absolute Gasteiger partial charge is 0.310 e. The molecule has 90 valence electrons. The summed E-state index contributed by atoms with van der Waals surface area (Å²) in [6.45, 7) is 1.06. The van der Waals surface area contributed by atoms with Crippen LogP contribution in [0.3, 0.4) is 0 Å². The number of hydrogen-bond acceptors (Lipinski definition) is 2. The first-order valence-electron chi connectivity index (χ1n) is 6.17. The summed E-state index contributed by atoms with van der Waals surface area (Å²) in [4.78, 5) is 0. The molecule has 0 radical (unpaired) electrons. The maximum Gasteiger partial charge on any atom is 0.0406 e. The lowest BCUT2D eigenvalue weighted by Gasteiger charge is -2.36. The molecule has 1 fully saturated rings. The molecule has 0 unspecified atom stereocenters. The highest BCUT2D eigenvalue weighted by Gasteiger charge is 2.29. The van der Waals surface area contributed by atoms with Crippen molar-refractivity contribution in [1.82, 2.24) is 5.32 Å². The first kappa shape index (κ1) is 12.4. The highest BCUT2D eigenvalue weighted by Crippen LogP contribution is 2.29. The zero-order valence-electron chi connectivity index (χ0n) is 9.68. The lowest BCUT2D eigenvalue weighted by Crippen LogP contribution is -2.49. The van der Waals surface area contributed by atoms with Crippen molar-refractivity contribution in [2.45, 2.75) is 44.1 Å². The van der Waals surface area contributed by atoms with Gasteiger partial charge in [0.1, 0.15) is 0 Å². The SMILES string of the molecule is ClCC1(NCCc2ccsc2)CCCCC1. The van der Waals surface area contributed by atoms with Gasteiger partial charge in [-0.2, -0.15) is 11.3 Å². The second-order valence-corrected chi connectivity index (χ2v) is 5.83. The molecule has 3 heteroatoms. The zero-order valence-corrected chi connectivity index (χ0v) is 11.2. The number of alkyl halides is 1. The van der Waals surface area contributed by atoms with E-state index in [0.717, 1.165) is 18.8 Å². The van der Waals surface area contributed by atoms with Gasteiger partial charge in [-0.1, -0.05) is 19.3 Å². The number of halogens is 1. The fourth-order valence-corrected chi connectivity index (χ4v) is 3.56. The molecule has 1 aromatic heterocycles. The Kier molecular flexibility index (Phi) is 4.68. The summed E-state index contributed by atoms with van der Waals surface area (Å²) in [5.41, 5.74) is 1.67. The van der Waals surface area contributed by atoms with Crippen LogP contribution in [0.4, 0.5) is 0 Å². The van der Waals surface area contributed by atoms with Gasteiger partial charge in [-0.25, -0.2) is 0 Å². The molecule has 0 aliphatic heterocycles. The van der Waals surface area contributed by atoms with Crippen LogP contribution in [0.15, 0.2) is 16.8 Å². The van der Waals surface area contributed by atoms with Crippen LogP contribution in [0, 0.1) is 0 Å². The van der Waals surface area contributed by atoms with Crippen molar-refractivity contribution in [1.29, 1.82) is 0 Å². The third-order valence-electron chi connectivity index (χ3n) is 3.56. The van der Waals surface area contributed by atoms with Gasteiger partial charge in [0.2, 0.25) is 0 Å². The smallest absolute Gasteiger partial charge is 0.0406 e. The third kappa shape index (κ3) is 3.22. The molecule has 2 rings (SSSR count). The van der Waals surface area contributed by atoms with Crippen molar-refractivity contribution >= 4 is 22.9 Å². The van der Waals surface area contributed by atoms with Gasteiger partial charge in [0.05, 0.1) is 0 Å². The molecule has 1 N–H and O–H groups in total. The number of rotatable bonds is 5. The van der Waals surface area contributed by atoms with Crippen LogP contribution in [-0.2, 0) is 6.42 Å². The molecule has 0 atom stereocenters. The Hall–Kier alpha value is -0.0500. The van der Waals surface area contributed by atoms with E-state index in [2.05, 4.69) is 22.1 Å². The normalized spacial score (nSPS) is 19.8. The van der Waals surface area contributed by atoms with Gasteiger partial charge in [0, 0.05) is 11.4 Å². The maximum absolute atomic E-state index is 6.14. The van der Waals surface area contributed by atoms with Crippen molar-refractivity contribution in [3.05, 3.63) is 22.4 Å². The minimum Gasteiger partial charge on any atom is -0.310 e. The highest BCUT2D eigenvalue weighted by atomic mass is 35.5. The average Bonchev–Trinajstić information content (AvgIpc) is 2.83. The number of thiophene rings is 1. The topological polar surface area (TPSA) is 12.0 Å². The van der Waals surface area contributed by atoms with Gasteiger partial charge in [-0.15, -0.1) is 11.6 Å². The molecule has 0 spiro atoms. The van der Waals surface area contributed by atoms with Gasteiger partial charge in [-0.3, -0.25) is 0 Å². The molecule has 1 aliphatic rings. The molecule has 0 aromatic carbocycles. The fourth-order valence-electron chi connectivity index (χ4n) is 2.49. The average molecular weight is 258 g/mol. The van der Waals surface area contributed by atoms with Gasteiger partial charge in [0.25, 0.3) is 0 Å². The molecular formula is C13H20ClNS. The Labute approximate surface area is 107 Å². The molecule has 1 aromatic rings. The molecule has 1 aliphatic carbocycles. The van der Waals surface area contributed by atoms with Crippen LogP contribution in [-0.4, -0.2) is 18.0 Å². The predicted molar refractivity (Wildman–Crippen MR) is 72.6 cm³/mol. The van der Waals surface area contributed by atoms with Crippen molar-refractivity contribution in [2.24, 2.45) is 0 Å². The minimum atomic E-state index is 0.232. The minimum absolute atomic E-state index is 0.232. The van der Waals surface area contributed by atoms with Crippen LogP contribution >= 0.6 is 22.9 Å². The summed E-state index contributed by atoms with van der Waals surface area (Å²) >= 11 is 7.91. The lowest BCUT2D eigenvalue weighted by atomic mass is 9.83. The maximum atomic E-state index is 6.14. The second-order valence-electron chi connectivity index (χ2n) is 4.78. The van der Waals surface area contributed by atoms with Crippen LogP contribution in [0.2, 0.25) is 0 Å². The molecule has 0 bridgehead atoms. The number of hydrogen-bond donors (Lipinski definition) is 1. The van der Waals surface area contributed by atoms with Crippen molar-refractivity contribution in [3.63, 3.8) is 0 Å². The van der Waals surface area contributed by atoms with E-state index in [1.54, 1.807) is 11.3 Å². The Bertz CT molecular complexity index is 291. The quantitative estimate of drug-likeness (QED) is 0.791. The van der Waals surface area contributed by atoms with Gasteiger partial charge in [-0.05, 0) is 48.2 Å². The Morgan fingerprint density at radius 3 is 2.75 bits per heavy atom. The van der Waals surface area contributed by atoms with E-state index in [0.29, 0.717) is 0 Å². The van der Waals surface area contributed by atoms with E-state index in [-0.39, 0.29) is 5.54 Å². The first-order chi connectivity index (χ1) is 7.85. The van der Waals surface area contributed by atoms with Crippen LogP contribution in [0.5, 0.6) is 0 Å². The molecule has 0 saturated heterocycles. The molecule has 1 heterocycles.